The molecule has 0 aromatic carbocycles. The average molecular weight is 221 g/mol. The van der Waals surface area contributed by atoms with Crippen LogP contribution in [0.15, 0.2) is 18.6 Å². The Morgan fingerprint density at radius 2 is 2.50 bits per heavy atom. The van der Waals surface area contributed by atoms with Gasteiger partial charge < -0.3 is 10.1 Å². The lowest BCUT2D eigenvalue weighted by Crippen LogP contribution is -2.28. The first-order valence-electron chi connectivity index (χ1n) is 5.97. The second-order valence-corrected chi connectivity index (χ2v) is 4.20. The van der Waals surface area contributed by atoms with E-state index in [1.807, 2.05) is 6.07 Å². The van der Waals surface area contributed by atoms with E-state index in [1.165, 1.54) is 6.42 Å². The Balaban J connectivity index is 1.72. The molecule has 88 valence electrons. The van der Waals surface area contributed by atoms with Crippen LogP contribution in [0.3, 0.4) is 0 Å². The zero-order valence-corrected chi connectivity index (χ0v) is 9.72. The topological polar surface area (TPSA) is 47.0 Å². The highest BCUT2D eigenvalue weighted by atomic mass is 16.5. The number of nitrogens with zero attached hydrogens (tertiary/aromatic N) is 2. The molecule has 16 heavy (non-hydrogen) atoms. The Labute approximate surface area is 96.4 Å². The van der Waals surface area contributed by atoms with E-state index in [0.29, 0.717) is 12.0 Å². The maximum atomic E-state index is 5.65. The molecular weight excluding hydrogens is 202 g/mol. The minimum atomic E-state index is 0.442. The minimum absolute atomic E-state index is 0.442. The molecule has 1 aromatic heterocycles. The highest BCUT2D eigenvalue weighted by molar-refractivity contribution is 4.97. The zero-order chi connectivity index (χ0) is 11.2. The van der Waals surface area contributed by atoms with E-state index in [0.717, 1.165) is 31.8 Å². The number of aromatic nitrogens is 2. The monoisotopic (exact) mass is 221 g/mol. The lowest BCUT2D eigenvalue weighted by Gasteiger charge is -2.16. The summed E-state index contributed by atoms with van der Waals surface area (Å²) in [4.78, 5) is 8.07. The second kappa shape index (κ2) is 5.92. The zero-order valence-electron chi connectivity index (χ0n) is 9.72. The van der Waals surface area contributed by atoms with Gasteiger partial charge in [-0.3, -0.25) is 0 Å². The molecule has 1 fully saturated rings. The van der Waals surface area contributed by atoms with Gasteiger partial charge >= 0.3 is 0 Å². The van der Waals surface area contributed by atoms with Crippen molar-refractivity contribution in [3.05, 3.63) is 24.3 Å². The first-order valence-corrected chi connectivity index (χ1v) is 5.97. The summed E-state index contributed by atoms with van der Waals surface area (Å²) >= 11 is 0. The molecule has 2 unspecified atom stereocenters. The van der Waals surface area contributed by atoms with Crippen LogP contribution in [-0.4, -0.2) is 29.2 Å². The summed E-state index contributed by atoms with van der Waals surface area (Å²) in [6.45, 7) is 4.93. The van der Waals surface area contributed by atoms with Crippen molar-refractivity contribution in [1.29, 1.82) is 0 Å². The predicted octanol–water partition coefficient (Wildman–Crippen LogP) is 1.38. The van der Waals surface area contributed by atoms with Gasteiger partial charge in [0, 0.05) is 25.9 Å². The quantitative estimate of drug-likeness (QED) is 0.816. The van der Waals surface area contributed by atoms with Crippen molar-refractivity contribution in [2.45, 2.75) is 32.4 Å². The first-order chi connectivity index (χ1) is 7.90. The highest BCUT2D eigenvalue weighted by Crippen LogP contribution is 2.22. The molecular formula is C12H19N3O. The van der Waals surface area contributed by atoms with Crippen molar-refractivity contribution in [2.75, 3.05) is 13.2 Å². The molecule has 1 aliphatic heterocycles. The number of hydrogen-bond donors (Lipinski definition) is 1. The van der Waals surface area contributed by atoms with Crippen LogP contribution >= 0.6 is 0 Å². The fourth-order valence-electron chi connectivity index (χ4n) is 2.19. The Morgan fingerprint density at radius 3 is 3.25 bits per heavy atom. The van der Waals surface area contributed by atoms with Crippen molar-refractivity contribution in [3.63, 3.8) is 0 Å². The average Bonchev–Trinajstić information content (AvgIpc) is 2.78. The molecule has 1 N–H and O–H groups in total. The van der Waals surface area contributed by atoms with E-state index in [1.54, 1.807) is 12.5 Å². The number of nitrogens with one attached hydrogen (secondary N) is 1. The first kappa shape index (κ1) is 11.5. The van der Waals surface area contributed by atoms with E-state index in [4.69, 9.17) is 4.74 Å². The SMILES string of the molecule is CCC1OCCC1CNCc1ccncn1. The Bertz CT molecular complexity index is 304. The van der Waals surface area contributed by atoms with Crippen LogP contribution in [0.1, 0.15) is 25.5 Å². The Hall–Kier alpha value is -1.00. The Morgan fingerprint density at radius 1 is 1.56 bits per heavy atom. The molecule has 4 nitrogen and oxygen atoms in total. The molecule has 0 amide bonds. The molecule has 0 radical (unpaired) electrons. The van der Waals surface area contributed by atoms with Crippen LogP contribution in [0.4, 0.5) is 0 Å². The van der Waals surface area contributed by atoms with Gasteiger partial charge in [-0.25, -0.2) is 9.97 Å². The van der Waals surface area contributed by atoms with Gasteiger partial charge in [-0.15, -0.1) is 0 Å². The predicted molar refractivity (Wildman–Crippen MR) is 61.9 cm³/mol. The highest BCUT2D eigenvalue weighted by Gasteiger charge is 2.25. The summed E-state index contributed by atoms with van der Waals surface area (Å²) in [5, 5.41) is 3.44. The normalized spacial score (nSPS) is 24.8. The third-order valence-electron chi connectivity index (χ3n) is 3.10. The molecule has 1 aromatic rings. The molecule has 4 heteroatoms. The van der Waals surface area contributed by atoms with E-state index in [-0.39, 0.29) is 0 Å². The third kappa shape index (κ3) is 3.00. The van der Waals surface area contributed by atoms with E-state index >= 15 is 0 Å². The molecule has 0 saturated carbocycles. The molecule has 1 aliphatic rings. The van der Waals surface area contributed by atoms with E-state index in [2.05, 4.69) is 22.2 Å². The molecule has 0 aliphatic carbocycles. The fourth-order valence-corrected chi connectivity index (χ4v) is 2.19. The maximum Gasteiger partial charge on any atom is 0.115 e. The van der Waals surface area contributed by atoms with Gasteiger partial charge in [0.25, 0.3) is 0 Å². The van der Waals surface area contributed by atoms with E-state index < -0.39 is 0 Å². The molecule has 2 heterocycles. The largest absolute Gasteiger partial charge is 0.378 e. The minimum Gasteiger partial charge on any atom is -0.378 e. The van der Waals surface area contributed by atoms with Crippen molar-refractivity contribution in [1.82, 2.24) is 15.3 Å². The molecule has 2 rings (SSSR count). The van der Waals surface area contributed by atoms with Crippen LogP contribution in [0.25, 0.3) is 0 Å². The maximum absolute atomic E-state index is 5.65. The van der Waals surface area contributed by atoms with E-state index in [9.17, 15) is 0 Å². The van der Waals surface area contributed by atoms with Gasteiger partial charge in [0.2, 0.25) is 0 Å². The van der Waals surface area contributed by atoms with Crippen LogP contribution in [0.2, 0.25) is 0 Å². The smallest absolute Gasteiger partial charge is 0.115 e. The Kier molecular flexibility index (Phi) is 4.25. The van der Waals surface area contributed by atoms with Crippen molar-refractivity contribution < 1.29 is 4.74 Å². The number of hydrogen-bond acceptors (Lipinski definition) is 4. The van der Waals surface area contributed by atoms with Crippen molar-refractivity contribution in [3.8, 4) is 0 Å². The van der Waals surface area contributed by atoms with Crippen molar-refractivity contribution >= 4 is 0 Å². The fraction of sp³-hybridized carbons (Fsp3) is 0.667. The summed E-state index contributed by atoms with van der Waals surface area (Å²) in [5.41, 5.74) is 1.04. The third-order valence-corrected chi connectivity index (χ3v) is 3.10. The van der Waals surface area contributed by atoms with Gasteiger partial charge in [-0.1, -0.05) is 6.92 Å². The van der Waals surface area contributed by atoms with Crippen LogP contribution in [0.5, 0.6) is 0 Å². The van der Waals surface area contributed by atoms with Gasteiger partial charge in [-0.05, 0) is 24.8 Å². The summed E-state index contributed by atoms with van der Waals surface area (Å²) in [7, 11) is 0. The summed E-state index contributed by atoms with van der Waals surface area (Å²) < 4.78 is 5.65. The van der Waals surface area contributed by atoms with Gasteiger partial charge in [0.1, 0.15) is 6.33 Å². The van der Waals surface area contributed by atoms with Gasteiger partial charge in [0.15, 0.2) is 0 Å². The van der Waals surface area contributed by atoms with Crippen LogP contribution in [-0.2, 0) is 11.3 Å². The molecule has 0 spiro atoms. The summed E-state index contributed by atoms with van der Waals surface area (Å²) in [6, 6.07) is 1.94. The number of rotatable bonds is 5. The second-order valence-electron chi connectivity index (χ2n) is 4.20. The van der Waals surface area contributed by atoms with Crippen LogP contribution in [0, 0.1) is 5.92 Å². The lowest BCUT2D eigenvalue weighted by atomic mass is 10.00. The molecule has 0 bridgehead atoms. The van der Waals surface area contributed by atoms with Gasteiger partial charge in [-0.2, -0.15) is 0 Å². The summed E-state index contributed by atoms with van der Waals surface area (Å²) in [6.07, 6.45) is 6.09. The standard InChI is InChI=1S/C12H19N3O/c1-2-12-10(4-6-16-12)7-14-8-11-3-5-13-9-15-11/h3,5,9-10,12,14H,2,4,6-8H2,1H3. The van der Waals surface area contributed by atoms with Crippen LogP contribution < -0.4 is 5.32 Å². The molecule has 2 atom stereocenters. The molecule has 1 saturated heterocycles. The lowest BCUT2D eigenvalue weighted by molar-refractivity contribution is 0.0872. The van der Waals surface area contributed by atoms with Gasteiger partial charge in [0.05, 0.1) is 11.8 Å². The summed E-state index contributed by atoms with van der Waals surface area (Å²) in [5.74, 6) is 0.659. The van der Waals surface area contributed by atoms with Crippen molar-refractivity contribution in [2.24, 2.45) is 5.92 Å². The number of ether oxygens (including phenoxy) is 1.